The monoisotopic (exact) mass is 999 g/mol. The Morgan fingerprint density at radius 3 is 0.917 bits per heavy atom. The molecule has 0 aromatic heterocycles. The number of hydrogen-bond acceptors (Lipinski definition) is 6. The maximum absolute atomic E-state index is 12.8. The summed E-state index contributed by atoms with van der Waals surface area (Å²) in [5.41, 5.74) is 0. The molecular formula is C66H110O6. The number of hydrogen-bond donors (Lipinski definition) is 0. The Bertz CT molecular complexity index is 1470. The fourth-order valence-corrected chi connectivity index (χ4v) is 8.16. The third kappa shape index (κ3) is 57.0. The van der Waals surface area contributed by atoms with Crippen molar-refractivity contribution in [2.24, 2.45) is 0 Å². The molecular weight excluding hydrogens is 889 g/mol. The van der Waals surface area contributed by atoms with Gasteiger partial charge >= 0.3 is 17.9 Å². The lowest BCUT2D eigenvalue weighted by atomic mass is 10.0. The maximum Gasteiger partial charge on any atom is 0.310 e. The van der Waals surface area contributed by atoms with E-state index in [0.29, 0.717) is 19.3 Å². The Kier molecular flexibility index (Phi) is 56.4. The third-order valence-electron chi connectivity index (χ3n) is 12.6. The van der Waals surface area contributed by atoms with Crippen LogP contribution >= 0.6 is 0 Å². The average molecular weight is 1000 g/mol. The second-order valence-electron chi connectivity index (χ2n) is 19.5. The fraction of sp³-hybridized carbons (Fsp3) is 0.682. The van der Waals surface area contributed by atoms with Crippen LogP contribution in [0.1, 0.15) is 271 Å². The smallest absolute Gasteiger partial charge is 0.310 e. The summed E-state index contributed by atoms with van der Waals surface area (Å²) >= 11 is 0. The molecule has 0 aromatic rings. The summed E-state index contributed by atoms with van der Waals surface area (Å²) in [6.45, 7) is 6.31. The molecule has 0 aliphatic heterocycles. The normalized spacial score (nSPS) is 12.9. The zero-order valence-electron chi connectivity index (χ0n) is 46.9. The number of ether oxygens (including phenoxy) is 3. The lowest BCUT2D eigenvalue weighted by molar-refractivity contribution is -0.166. The fourth-order valence-electron chi connectivity index (χ4n) is 8.16. The van der Waals surface area contributed by atoms with Crippen LogP contribution in [0.4, 0.5) is 0 Å². The second-order valence-corrected chi connectivity index (χ2v) is 19.5. The van der Waals surface area contributed by atoms with Gasteiger partial charge in [0.25, 0.3) is 0 Å². The predicted octanol–water partition coefficient (Wildman–Crippen LogP) is 20.3. The van der Waals surface area contributed by atoms with Crippen LogP contribution in [-0.4, -0.2) is 37.2 Å². The van der Waals surface area contributed by atoms with E-state index in [2.05, 4.69) is 118 Å². The standard InChI is InChI=1S/C66H110O6/c1-4-7-10-13-16-19-22-25-28-29-30-31-32-33-34-35-36-39-41-44-47-50-53-56-59-65(68)71-62-63(72-66(69)60-57-54-51-48-45-42-38-27-24-21-18-15-12-9-6-3)61-70-64(67)58-55-52-49-46-43-40-37-26-23-20-17-14-11-8-5-2/h8-9,11-12,17-18,20-21,26-27,37-38,43,45-46,48,54,57,63H,4-7,10,13-16,19,22-25,28-36,39-42,44,47,49-53,55-56,58-62H2,1-3H3/b11-8-,12-9-,20-17-,21-18-,37-26-,38-27-,46-43-,48-45-,57-54-. The minimum Gasteiger partial charge on any atom is -0.462 e. The van der Waals surface area contributed by atoms with Crippen molar-refractivity contribution >= 4 is 17.9 Å². The van der Waals surface area contributed by atoms with Gasteiger partial charge in [0.1, 0.15) is 13.2 Å². The Balaban J connectivity index is 4.41. The molecule has 0 saturated carbocycles. The molecule has 0 N–H and O–H groups in total. The van der Waals surface area contributed by atoms with Crippen LogP contribution in [-0.2, 0) is 28.6 Å². The maximum atomic E-state index is 12.8. The van der Waals surface area contributed by atoms with Gasteiger partial charge in [-0.2, -0.15) is 0 Å². The molecule has 0 fully saturated rings. The van der Waals surface area contributed by atoms with Crippen molar-refractivity contribution in [1.29, 1.82) is 0 Å². The van der Waals surface area contributed by atoms with Gasteiger partial charge in [-0.05, 0) is 83.5 Å². The summed E-state index contributed by atoms with van der Waals surface area (Å²) in [6, 6.07) is 0. The molecule has 0 rings (SSSR count). The molecule has 410 valence electrons. The number of esters is 3. The van der Waals surface area contributed by atoms with Gasteiger partial charge in [-0.25, -0.2) is 0 Å². The minimum absolute atomic E-state index is 0.0861. The third-order valence-corrected chi connectivity index (χ3v) is 12.6. The van der Waals surface area contributed by atoms with E-state index in [1.54, 1.807) is 6.08 Å². The van der Waals surface area contributed by atoms with Crippen molar-refractivity contribution < 1.29 is 28.6 Å². The quantitative estimate of drug-likeness (QED) is 0.0261. The van der Waals surface area contributed by atoms with Gasteiger partial charge in [0.05, 0.1) is 6.42 Å². The average Bonchev–Trinajstić information content (AvgIpc) is 3.38. The van der Waals surface area contributed by atoms with Crippen molar-refractivity contribution in [3.05, 3.63) is 109 Å². The molecule has 0 aromatic carbocycles. The van der Waals surface area contributed by atoms with Crippen molar-refractivity contribution in [2.45, 2.75) is 277 Å². The largest absolute Gasteiger partial charge is 0.462 e. The van der Waals surface area contributed by atoms with E-state index in [1.807, 2.05) is 6.08 Å². The Morgan fingerprint density at radius 1 is 0.306 bits per heavy atom. The molecule has 0 heterocycles. The lowest BCUT2D eigenvalue weighted by Gasteiger charge is -2.18. The van der Waals surface area contributed by atoms with Crippen LogP contribution in [0.15, 0.2) is 109 Å². The molecule has 0 saturated heterocycles. The van der Waals surface area contributed by atoms with Crippen molar-refractivity contribution in [1.82, 2.24) is 0 Å². The zero-order valence-corrected chi connectivity index (χ0v) is 46.9. The first kappa shape index (κ1) is 68.1. The number of unbranched alkanes of at least 4 members (excludes halogenated alkanes) is 25. The molecule has 6 heteroatoms. The minimum atomic E-state index is -0.850. The molecule has 0 aliphatic rings. The van der Waals surface area contributed by atoms with Gasteiger partial charge in [-0.1, -0.05) is 278 Å². The number of carbonyl (C=O) groups is 3. The van der Waals surface area contributed by atoms with Crippen LogP contribution in [0, 0.1) is 0 Å². The highest BCUT2D eigenvalue weighted by atomic mass is 16.6. The number of carbonyl (C=O) groups excluding carboxylic acids is 3. The van der Waals surface area contributed by atoms with E-state index in [-0.39, 0.29) is 38.0 Å². The molecule has 1 atom stereocenters. The summed E-state index contributed by atoms with van der Waals surface area (Å²) in [5.74, 6) is -1.10. The van der Waals surface area contributed by atoms with Gasteiger partial charge < -0.3 is 14.2 Å². The Morgan fingerprint density at radius 2 is 0.583 bits per heavy atom. The van der Waals surface area contributed by atoms with Gasteiger partial charge in [0.15, 0.2) is 6.10 Å². The van der Waals surface area contributed by atoms with E-state index >= 15 is 0 Å². The van der Waals surface area contributed by atoms with Crippen LogP contribution in [0.3, 0.4) is 0 Å². The lowest BCUT2D eigenvalue weighted by Crippen LogP contribution is -2.30. The first-order chi connectivity index (χ1) is 35.5. The Labute approximate surface area is 444 Å². The highest BCUT2D eigenvalue weighted by molar-refractivity contribution is 5.72. The van der Waals surface area contributed by atoms with E-state index in [9.17, 15) is 14.4 Å². The van der Waals surface area contributed by atoms with Gasteiger partial charge in [0, 0.05) is 12.8 Å². The van der Waals surface area contributed by atoms with Gasteiger partial charge in [0.2, 0.25) is 0 Å². The van der Waals surface area contributed by atoms with Crippen LogP contribution < -0.4 is 0 Å². The van der Waals surface area contributed by atoms with Gasteiger partial charge in [-0.15, -0.1) is 0 Å². The molecule has 1 unspecified atom stereocenters. The van der Waals surface area contributed by atoms with Crippen molar-refractivity contribution in [2.75, 3.05) is 13.2 Å². The van der Waals surface area contributed by atoms with Crippen molar-refractivity contribution in [3.63, 3.8) is 0 Å². The predicted molar refractivity (Wildman–Crippen MR) is 311 cm³/mol. The van der Waals surface area contributed by atoms with E-state index in [0.717, 1.165) is 83.5 Å². The first-order valence-electron chi connectivity index (χ1n) is 29.9. The van der Waals surface area contributed by atoms with E-state index < -0.39 is 12.1 Å². The van der Waals surface area contributed by atoms with Crippen molar-refractivity contribution in [3.8, 4) is 0 Å². The summed E-state index contributed by atoms with van der Waals surface area (Å²) in [5, 5.41) is 0. The first-order valence-corrected chi connectivity index (χ1v) is 29.9. The second kappa shape index (κ2) is 59.6. The highest BCUT2D eigenvalue weighted by Gasteiger charge is 2.19. The van der Waals surface area contributed by atoms with E-state index in [4.69, 9.17) is 14.2 Å². The van der Waals surface area contributed by atoms with Crippen LogP contribution in [0.25, 0.3) is 0 Å². The molecule has 0 bridgehead atoms. The number of allylic oxidation sites excluding steroid dienone is 17. The summed E-state index contributed by atoms with van der Waals surface area (Å²) in [7, 11) is 0. The van der Waals surface area contributed by atoms with Crippen LogP contribution in [0.5, 0.6) is 0 Å². The molecule has 0 aliphatic carbocycles. The highest BCUT2D eigenvalue weighted by Crippen LogP contribution is 2.16. The topological polar surface area (TPSA) is 78.9 Å². The molecule has 72 heavy (non-hydrogen) atoms. The van der Waals surface area contributed by atoms with Gasteiger partial charge in [-0.3, -0.25) is 14.4 Å². The summed E-state index contributed by atoms with van der Waals surface area (Å²) in [4.78, 5) is 38.1. The summed E-state index contributed by atoms with van der Waals surface area (Å²) < 4.78 is 16.7. The Hall–Kier alpha value is -3.93. The molecule has 6 nitrogen and oxygen atoms in total. The molecule has 0 radical (unpaired) electrons. The molecule has 0 spiro atoms. The number of rotatable bonds is 53. The molecule has 0 amide bonds. The SMILES string of the molecule is CC/C=C\C/C=C\C/C=C\C/C=C\C/C=C\CC(=O)OC(COC(=O)CCCC/C=C\C/C=C\C/C=C\C/C=C\CC)COC(=O)CCCCCCCCCCCCCCCCCCCCCCCCCC. The summed E-state index contributed by atoms with van der Waals surface area (Å²) in [6.07, 6.45) is 81.3. The zero-order chi connectivity index (χ0) is 52.2. The van der Waals surface area contributed by atoms with E-state index in [1.165, 1.54) is 135 Å². The van der Waals surface area contributed by atoms with Crippen LogP contribution in [0.2, 0.25) is 0 Å².